The van der Waals surface area contributed by atoms with E-state index >= 15 is 0 Å². The van der Waals surface area contributed by atoms with Crippen LogP contribution in [0.1, 0.15) is 55.7 Å². The van der Waals surface area contributed by atoms with Gasteiger partial charge in [-0.15, -0.1) is 0 Å². The predicted octanol–water partition coefficient (Wildman–Crippen LogP) is 1.57. The highest BCUT2D eigenvalue weighted by Crippen LogP contribution is 2.43. The molecule has 18 heavy (non-hydrogen) atoms. The molecule has 4 heterocycles. The van der Waals surface area contributed by atoms with Crippen LogP contribution in [0.2, 0.25) is 0 Å². The van der Waals surface area contributed by atoms with Crippen LogP contribution in [0, 0.1) is 0 Å². The van der Waals surface area contributed by atoms with Gasteiger partial charge in [0.1, 0.15) is 0 Å². The highest BCUT2D eigenvalue weighted by molar-refractivity contribution is 5.08. The quantitative estimate of drug-likeness (QED) is 0.862. The van der Waals surface area contributed by atoms with Gasteiger partial charge in [-0.25, -0.2) is 0 Å². The molecule has 3 fully saturated rings. The van der Waals surface area contributed by atoms with E-state index < -0.39 is 0 Å². The molecule has 3 atom stereocenters. The van der Waals surface area contributed by atoms with Gasteiger partial charge in [-0.3, -0.25) is 0 Å². The van der Waals surface area contributed by atoms with E-state index in [-0.39, 0.29) is 0 Å². The molecule has 5 heteroatoms. The Morgan fingerprint density at radius 2 is 2.00 bits per heavy atom. The van der Waals surface area contributed by atoms with E-state index in [1.807, 2.05) is 0 Å². The Morgan fingerprint density at radius 1 is 1.11 bits per heavy atom. The summed E-state index contributed by atoms with van der Waals surface area (Å²) in [5, 5.41) is 7.56. The van der Waals surface area contributed by atoms with Crippen molar-refractivity contribution in [3.05, 3.63) is 11.7 Å². The zero-order valence-electron chi connectivity index (χ0n) is 10.5. The smallest absolute Gasteiger partial charge is 0.229 e. The topological polar surface area (TPSA) is 60.2 Å². The number of rotatable bonds is 2. The summed E-state index contributed by atoms with van der Waals surface area (Å²) in [6.45, 7) is 2.11. The van der Waals surface area contributed by atoms with Gasteiger partial charge in [0, 0.05) is 5.92 Å². The number of nitrogens with one attached hydrogen (secondary N) is 1. The largest absolute Gasteiger partial charge is 0.374 e. The minimum absolute atomic E-state index is 0.341. The van der Waals surface area contributed by atoms with Crippen LogP contribution < -0.4 is 5.32 Å². The summed E-state index contributed by atoms with van der Waals surface area (Å²) in [4.78, 5) is 4.65. The lowest BCUT2D eigenvalue weighted by Gasteiger charge is -2.18. The molecule has 1 aromatic heterocycles. The maximum Gasteiger partial charge on any atom is 0.229 e. The Morgan fingerprint density at radius 3 is 2.72 bits per heavy atom. The summed E-state index contributed by atoms with van der Waals surface area (Å²) < 4.78 is 11.3. The number of fused-ring (bicyclic) bond motifs is 2. The molecule has 3 aliphatic heterocycles. The first-order chi connectivity index (χ1) is 8.90. The highest BCUT2D eigenvalue weighted by atomic mass is 16.5. The van der Waals surface area contributed by atoms with Crippen LogP contribution in [-0.4, -0.2) is 35.4 Å². The molecule has 4 rings (SSSR count). The number of hydrogen-bond donors (Lipinski definition) is 1. The van der Waals surface area contributed by atoms with Crippen LogP contribution in [0.3, 0.4) is 0 Å². The summed E-state index contributed by atoms with van der Waals surface area (Å²) in [6, 6.07) is 0. The molecule has 3 aliphatic rings. The Kier molecular flexibility index (Phi) is 2.62. The van der Waals surface area contributed by atoms with Crippen LogP contribution >= 0.6 is 0 Å². The van der Waals surface area contributed by atoms with Crippen molar-refractivity contribution in [2.75, 3.05) is 13.1 Å². The van der Waals surface area contributed by atoms with Gasteiger partial charge in [0.15, 0.2) is 5.82 Å². The molecule has 0 saturated carbocycles. The maximum atomic E-state index is 5.86. The van der Waals surface area contributed by atoms with Crippen molar-refractivity contribution in [2.24, 2.45) is 0 Å². The SMILES string of the molecule is C1CC(c2nc(C3CC4CCC3O4)no2)CCN1. The molecule has 1 N–H and O–H groups in total. The summed E-state index contributed by atoms with van der Waals surface area (Å²) in [5.74, 6) is 2.56. The van der Waals surface area contributed by atoms with E-state index in [1.54, 1.807) is 0 Å². The van der Waals surface area contributed by atoms with Crippen LogP contribution in [0.15, 0.2) is 4.52 Å². The summed E-state index contributed by atoms with van der Waals surface area (Å²) in [6.07, 6.45) is 6.45. The summed E-state index contributed by atoms with van der Waals surface area (Å²) >= 11 is 0. The number of hydrogen-bond acceptors (Lipinski definition) is 5. The molecule has 5 nitrogen and oxygen atoms in total. The van der Waals surface area contributed by atoms with Crippen molar-refractivity contribution in [1.29, 1.82) is 0 Å². The zero-order chi connectivity index (χ0) is 11.9. The van der Waals surface area contributed by atoms with Gasteiger partial charge in [-0.1, -0.05) is 5.16 Å². The van der Waals surface area contributed by atoms with E-state index in [4.69, 9.17) is 9.26 Å². The number of piperidine rings is 1. The van der Waals surface area contributed by atoms with Crippen LogP contribution in [-0.2, 0) is 4.74 Å². The van der Waals surface area contributed by atoms with Gasteiger partial charge in [0.2, 0.25) is 5.89 Å². The minimum Gasteiger partial charge on any atom is -0.374 e. The van der Waals surface area contributed by atoms with Crippen molar-refractivity contribution in [3.8, 4) is 0 Å². The zero-order valence-corrected chi connectivity index (χ0v) is 10.5. The van der Waals surface area contributed by atoms with Gasteiger partial charge in [-0.05, 0) is 45.2 Å². The number of ether oxygens (including phenoxy) is 1. The normalized spacial score (nSPS) is 36.3. The van der Waals surface area contributed by atoms with Gasteiger partial charge in [0.25, 0.3) is 0 Å². The van der Waals surface area contributed by atoms with E-state index in [2.05, 4.69) is 15.5 Å². The second kappa shape index (κ2) is 4.31. The van der Waals surface area contributed by atoms with Crippen molar-refractivity contribution in [1.82, 2.24) is 15.5 Å². The molecule has 0 aromatic carbocycles. The Bertz CT molecular complexity index is 428. The number of aromatic nitrogens is 2. The average molecular weight is 249 g/mol. The van der Waals surface area contributed by atoms with Crippen molar-refractivity contribution in [3.63, 3.8) is 0 Å². The first-order valence-corrected chi connectivity index (χ1v) is 7.10. The fraction of sp³-hybridized carbons (Fsp3) is 0.846. The Balaban J connectivity index is 1.51. The van der Waals surface area contributed by atoms with Crippen molar-refractivity contribution < 1.29 is 9.26 Å². The van der Waals surface area contributed by atoms with Crippen molar-refractivity contribution in [2.45, 2.75) is 56.1 Å². The standard InChI is InChI=1S/C13H19N3O2/c1-2-11-10(7-9(1)17-11)12-15-13(18-16-12)8-3-5-14-6-4-8/h8-11,14H,1-7H2. The summed E-state index contributed by atoms with van der Waals surface area (Å²) in [7, 11) is 0. The molecule has 3 unspecified atom stereocenters. The van der Waals surface area contributed by atoms with Gasteiger partial charge in [0.05, 0.1) is 18.1 Å². The fourth-order valence-electron chi connectivity index (χ4n) is 3.54. The Hall–Kier alpha value is -0.940. The first-order valence-electron chi connectivity index (χ1n) is 7.10. The molecular formula is C13H19N3O2. The molecule has 0 spiro atoms. The molecule has 0 radical (unpaired) electrons. The first kappa shape index (κ1) is 10.9. The van der Waals surface area contributed by atoms with Crippen LogP contribution in [0.25, 0.3) is 0 Å². The lowest BCUT2D eigenvalue weighted by molar-refractivity contribution is 0.0996. The van der Waals surface area contributed by atoms with E-state index in [9.17, 15) is 0 Å². The second-order valence-corrected chi connectivity index (χ2v) is 5.73. The molecular weight excluding hydrogens is 230 g/mol. The lowest BCUT2D eigenvalue weighted by atomic mass is 9.89. The predicted molar refractivity (Wildman–Crippen MR) is 64.4 cm³/mol. The van der Waals surface area contributed by atoms with Gasteiger partial charge < -0.3 is 14.6 Å². The molecule has 1 aromatic rings. The summed E-state index contributed by atoms with van der Waals surface area (Å²) in [5.41, 5.74) is 0. The molecule has 98 valence electrons. The van der Waals surface area contributed by atoms with Crippen LogP contribution in [0.4, 0.5) is 0 Å². The van der Waals surface area contributed by atoms with Gasteiger partial charge >= 0.3 is 0 Å². The van der Waals surface area contributed by atoms with E-state index in [1.165, 1.54) is 6.42 Å². The molecule has 2 bridgehead atoms. The lowest BCUT2D eigenvalue weighted by Crippen LogP contribution is -2.26. The fourth-order valence-corrected chi connectivity index (χ4v) is 3.54. The van der Waals surface area contributed by atoms with Crippen molar-refractivity contribution >= 4 is 0 Å². The third-order valence-corrected chi connectivity index (χ3v) is 4.58. The highest BCUT2D eigenvalue weighted by Gasteiger charge is 2.43. The molecule has 0 amide bonds. The third kappa shape index (κ3) is 1.77. The number of nitrogens with zero attached hydrogens (tertiary/aromatic N) is 2. The maximum absolute atomic E-state index is 5.86. The third-order valence-electron chi connectivity index (χ3n) is 4.58. The van der Waals surface area contributed by atoms with Crippen LogP contribution in [0.5, 0.6) is 0 Å². The van der Waals surface area contributed by atoms with Gasteiger partial charge in [-0.2, -0.15) is 4.98 Å². The van der Waals surface area contributed by atoms with E-state index in [0.717, 1.165) is 50.5 Å². The average Bonchev–Trinajstić information content (AvgIpc) is 3.15. The Labute approximate surface area is 106 Å². The second-order valence-electron chi connectivity index (χ2n) is 5.73. The monoisotopic (exact) mass is 249 g/mol. The minimum atomic E-state index is 0.341. The molecule has 3 saturated heterocycles. The molecule has 0 aliphatic carbocycles. The van der Waals surface area contributed by atoms with E-state index in [0.29, 0.717) is 24.0 Å².